The highest BCUT2D eigenvalue weighted by Gasteiger charge is 2.00. The number of hydrogen-bond donors (Lipinski definition) is 2. The number of hydrogen-bond acceptors (Lipinski definition) is 1. The van der Waals surface area contributed by atoms with Gasteiger partial charge in [-0.3, -0.25) is 10.2 Å². The van der Waals surface area contributed by atoms with E-state index in [9.17, 15) is 0 Å². The van der Waals surface area contributed by atoms with Crippen molar-refractivity contribution in [2.75, 3.05) is 0 Å². The molecule has 0 aliphatic heterocycles. The monoisotopic (exact) mass is 184 g/mol. The van der Waals surface area contributed by atoms with Crippen LogP contribution in [0.1, 0.15) is 0 Å². The number of benzene rings is 1. The third kappa shape index (κ3) is 0.968. The van der Waals surface area contributed by atoms with Gasteiger partial charge in [-0.05, 0) is 12.1 Å². The third-order valence-electron chi connectivity index (χ3n) is 1.55. The molecular weight excluding hydrogens is 180 g/mol. The Morgan fingerprint density at radius 3 is 2.82 bits per heavy atom. The van der Waals surface area contributed by atoms with E-state index < -0.39 is 0 Å². The molecule has 0 aliphatic carbocycles. The molecule has 1 aromatic heterocycles. The van der Waals surface area contributed by atoms with Crippen molar-refractivity contribution in [3.63, 3.8) is 0 Å². The molecule has 1 heterocycles. The molecule has 0 radical (unpaired) electrons. The van der Waals surface area contributed by atoms with Gasteiger partial charge in [0.2, 0.25) is 0 Å². The Kier molecular flexibility index (Phi) is 1.47. The van der Waals surface area contributed by atoms with Crippen LogP contribution in [0.2, 0.25) is 5.02 Å². The van der Waals surface area contributed by atoms with E-state index >= 15 is 0 Å². The molecule has 2 aromatic rings. The number of halogens is 1. The smallest absolute Gasteiger partial charge is 0.128 e. The molecule has 0 atom stereocenters. The number of aromatic nitrogens is 2. The topological polar surface area (TPSA) is 31.6 Å². The zero-order chi connectivity index (χ0) is 7.84. The first-order valence-corrected chi connectivity index (χ1v) is 3.92. The van der Waals surface area contributed by atoms with Gasteiger partial charge in [-0.25, -0.2) is 0 Å². The number of fused-ring (bicyclic) bond motifs is 1. The van der Waals surface area contributed by atoms with Crippen LogP contribution in [-0.4, -0.2) is 10.2 Å². The maximum absolute atomic E-state index is 5.90. The molecule has 2 rings (SSSR count). The van der Waals surface area contributed by atoms with E-state index in [0.29, 0.717) is 9.66 Å². The highest BCUT2D eigenvalue weighted by atomic mass is 35.5. The van der Waals surface area contributed by atoms with Gasteiger partial charge in [0.25, 0.3) is 0 Å². The van der Waals surface area contributed by atoms with Crippen LogP contribution in [0.3, 0.4) is 0 Å². The summed E-state index contributed by atoms with van der Waals surface area (Å²) >= 11 is 10.9. The van der Waals surface area contributed by atoms with E-state index in [1.54, 1.807) is 0 Å². The SMILES string of the molecule is S=c1[nH][nH]c2cccc(Cl)c12. The van der Waals surface area contributed by atoms with Gasteiger partial charge in [-0.15, -0.1) is 0 Å². The number of rotatable bonds is 0. The number of nitrogens with one attached hydrogen (secondary N) is 2. The van der Waals surface area contributed by atoms with Gasteiger partial charge in [-0.1, -0.05) is 29.9 Å². The first-order valence-electron chi connectivity index (χ1n) is 3.14. The third-order valence-corrected chi connectivity index (χ3v) is 2.17. The fraction of sp³-hybridized carbons (Fsp3) is 0. The predicted molar refractivity (Wildman–Crippen MR) is 48.5 cm³/mol. The minimum Gasteiger partial charge on any atom is -0.299 e. The van der Waals surface area contributed by atoms with Gasteiger partial charge < -0.3 is 0 Å². The number of H-pyrrole nitrogens is 2. The van der Waals surface area contributed by atoms with E-state index in [-0.39, 0.29) is 0 Å². The van der Waals surface area contributed by atoms with Gasteiger partial charge in [0.05, 0.1) is 15.9 Å². The van der Waals surface area contributed by atoms with E-state index in [4.69, 9.17) is 23.8 Å². The van der Waals surface area contributed by atoms with Gasteiger partial charge in [0, 0.05) is 0 Å². The molecule has 2 N–H and O–H groups in total. The minimum atomic E-state index is 0.658. The molecule has 1 aromatic carbocycles. The Morgan fingerprint density at radius 1 is 1.27 bits per heavy atom. The van der Waals surface area contributed by atoms with Crippen LogP contribution < -0.4 is 0 Å². The molecule has 0 saturated heterocycles. The second-order valence-electron chi connectivity index (χ2n) is 2.24. The van der Waals surface area contributed by atoms with E-state index in [0.717, 1.165) is 10.9 Å². The molecule has 0 saturated carbocycles. The molecule has 11 heavy (non-hydrogen) atoms. The van der Waals surface area contributed by atoms with Gasteiger partial charge in [-0.2, -0.15) is 0 Å². The van der Waals surface area contributed by atoms with Crippen molar-refractivity contribution in [2.24, 2.45) is 0 Å². The molecule has 0 aliphatic rings. The summed E-state index contributed by atoms with van der Waals surface area (Å²) in [4.78, 5) is 0. The molecule has 0 fully saturated rings. The van der Waals surface area contributed by atoms with Crippen LogP contribution in [0.25, 0.3) is 10.9 Å². The van der Waals surface area contributed by atoms with Crippen LogP contribution in [0.15, 0.2) is 18.2 Å². The van der Waals surface area contributed by atoms with Crippen molar-refractivity contribution in [3.05, 3.63) is 27.9 Å². The summed E-state index contributed by atoms with van der Waals surface area (Å²) < 4.78 is 0.658. The Bertz CT molecular complexity index is 443. The fourth-order valence-corrected chi connectivity index (χ4v) is 1.64. The fourth-order valence-electron chi connectivity index (χ4n) is 1.05. The lowest BCUT2D eigenvalue weighted by atomic mass is 10.3. The Hall–Kier alpha value is -0.800. The second-order valence-corrected chi connectivity index (χ2v) is 3.06. The summed E-state index contributed by atoms with van der Waals surface area (Å²) in [6.45, 7) is 0. The Balaban J connectivity index is 3.08. The normalized spacial score (nSPS) is 10.6. The lowest BCUT2D eigenvalue weighted by molar-refractivity contribution is 1.11. The zero-order valence-corrected chi connectivity index (χ0v) is 7.09. The Labute approximate surface area is 73.2 Å². The summed E-state index contributed by atoms with van der Waals surface area (Å²) in [7, 11) is 0. The van der Waals surface area contributed by atoms with Crippen molar-refractivity contribution < 1.29 is 0 Å². The lowest BCUT2D eigenvalue weighted by Gasteiger charge is -1.88. The van der Waals surface area contributed by atoms with E-state index in [1.165, 1.54) is 0 Å². The van der Waals surface area contributed by atoms with Crippen LogP contribution in [0, 0.1) is 4.64 Å². The molecule has 0 unspecified atom stereocenters. The average Bonchev–Trinajstić information content (AvgIpc) is 2.34. The molecular formula is C7H5ClN2S. The van der Waals surface area contributed by atoms with Gasteiger partial charge >= 0.3 is 0 Å². The molecule has 56 valence electrons. The van der Waals surface area contributed by atoms with Gasteiger partial charge in [0.15, 0.2) is 0 Å². The summed E-state index contributed by atoms with van der Waals surface area (Å²) in [5.74, 6) is 0. The van der Waals surface area contributed by atoms with E-state index in [1.807, 2.05) is 18.2 Å². The van der Waals surface area contributed by atoms with Crippen molar-refractivity contribution in [1.82, 2.24) is 10.2 Å². The van der Waals surface area contributed by atoms with E-state index in [2.05, 4.69) is 10.2 Å². The van der Waals surface area contributed by atoms with Crippen LogP contribution in [0.5, 0.6) is 0 Å². The van der Waals surface area contributed by atoms with Crippen molar-refractivity contribution in [1.29, 1.82) is 0 Å². The minimum absolute atomic E-state index is 0.658. The largest absolute Gasteiger partial charge is 0.299 e. The van der Waals surface area contributed by atoms with Crippen molar-refractivity contribution >= 4 is 34.7 Å². The Morgan fingerprint density at radius 2 is 2.09 bits per heavy atom. The maximum Gasteiger partial charge on any atom is 0.128 e. The second kappa shape index (κ2) is 2.36. The average molecular weight is 185 g/mol. The number of aromatic amines is 2. The first kappa shape index (κ1) is 6.88. The van der Waals surface area contributed by atoms with Crippen LogP contribution in [-0.2, 0) is 0 Å². The van der Waals surface area contributed by atoms with Gasteiger partial charge in [0.1, 0.15) is 4.64 Å². The molecule has 0 amide bonds. The van der Waals surface area contributed by atoms with Crippen LogP contribution >= 0.6 is 23.8 Å². The highest BCUT2D eigenvalue weighted by Crippen LogP contribution is 2.21. The summed E-state index contributed by atoms with van der Waals surface area (Å²) in [5, 5.41) is 7.32. The highest BCUT2D eigenvalue weighted by molar-refractivity contribution is 7.71. The van der Waals surface area contributed by atoms with Crippen molar-refractivity contribution in [3.8, 4) is 0 Å². The standard InChI is InChI=1S/C7H5ClN2S/c8-4-2-1-3-5-6(4)7(11)10-9-5/h1-3H,(H2,9,10,11). The molecule has 0 spiro atoms. The summed E-state index contributed by atoms with van der Waals surface area (Å²) in [5.41, 5.74) is 0.947. The first-order chi connectivity index (χ1) is 5.29. The zero-order valence-electron chi connectivity index (χ0n) is 5.52. The maximum atomic E-state index is 5.90. The summed E-state index contributed by atoms with van der Waals surface area (Å²) in [6.07, 6.45) is 0. The predicted octanol–water partition coefficient (Wildman–Crippen LogP) is 2.88. The molecule has 4 heteroatoms. The lowest BCUT2D eigenvalue weighted by Crippen LogP contribution is -1.67. The quantitative estimate of drug-likeness (QED) is 0.607. The van der Waals surface area contributed by atoms with Crippen molar-refractivity contribution in [2.45, 2.75) is 0 Å². The molecule has 0 bridgehead atoms. The van der Waals surface area contributed by atoms with Crippen LogP contribution in [0.4, 0.5) is 0 Å². The summed E-state index contributed by atoms with van der Waals surface area (Å²) in [6, 6.07) is 5.62. The molecule has 2 nitrogen and oxygen atoms in total.